The van der Waals surface area contributed by atoms with E-state index in [-0.39, 0.29) is 5.91 Å². The summed E-state index contributed by atoms with van der Waals surface area (Å²) in [5, 5.41) is 6.77. The lowest BCUT2D eigenvalue weighted by molar-refractivity contribution is 0.0951. The summed E-state index contributed by atoms with van der Waals surface area (Å²) < 4.78 is 0. The van der Waals surface area contributed by atoms with E-state index in [1.165, 1.54) is 0 Å². The van der Waals surface area contributed by atoms with E-state index in [1.54, 1.807) is 42.9 Å². The number of nitrogens with one attached hydrogen (secondary N) is 2. The van der Waals surface area contributed by atoms with Crippen LogP contribution >= 0.6 is 11.6 Å². The van der Waals surface area contributed by atoms with Crippen molar-refractivity contribution in [3.63, 3.8) is 0 Å². The smallest absolute Gasteiger partial charge is 0.251 e. The van der Waals surface area contributed by atoms with Crippen molar-refractivity contribution in [1.82, 2.24) is 15.3 Å². The molecule has 6 heteroatoms. The first-order chi connectivity index (χ1) is 12.2. The highest BCUT2D eigenvalue weighted by atomic mass is 35.5. The molecule has 3 rings (SSSR count). The number of hydrogen-bond donors (Lipinski definition) is 2. The number of halogens is 1. The maximum atomic E-state index is 12.3. The van der Waals surface area contributed by atoms with Crippen molar-refractivity contribution in [2.24, 2.45) is 0 Å². The first-order valence-electron chi connectivity index (χ1n) is 7.82. The van der Waals surface area contributed by atoms with Gasteiger partial charge in [-0.1, -0.05) is 23.7 Å². The lowest BCUT2D eigenvalue weighted by Gasteiger charge is -2.08. The minimum atomic E-state index is -0.149. The molecule has 5 nitrogen and oxygen atoms in total. The molecular formula is C19H17ClN4O. The molecule has 2 aromatic heterocycles. The number of hydrogen-bond acceptors (Lipinski definition) is 4. The second-order valence-electron chi connectivity index (χ2n) is 5.45. The van der Waals surface area contributed by atoms with Crippen molar-refractivity contribution < 1.29 is 4.79 Å². The molecule has 1 amide bonds. The first kappa shape index (κ1) is 16.9. The Morgan fingerprint density at radius 3 is 2.40 bits per heavy atom. The molecule has 0 spiro atoms. The number of aromatic nitrogens is 2. The van der Waals surface area contributed by atoms with Crippen LogP contribution in [0.1, 0.15) is 21.5 Å². The van der Waals surface area contributed by atoms with Crippen LogP contribution in [0.5, 0.6) is 0 Å². The molecule has 25 heavy (non-hydrogen) atoms. The van der Waals surface area contributed by atoms with Gasteiger partial charge in [-0.15, -0.1) is 0 Å². The summed E-state index contributed by atoms with van der Waals surface area (Å²) in [5.41, 5.74) is 2.64. The Kier molecular flexibility index (Phi) is 5.59. The van der Waals surface area contributed by atoms with Gasteiger partial charge in [0.2, 0.25) is 0 Å². The highest BCUT2D eigenvalue weighted by Gasteiger charge is 2.07. The second-order valence-corrected chi connectivity index (χ2v) is 5.88. The topological polar surface area (TPSA) is 66.9 Å². The lowest BCUT2D eigenvalue weighted by Crippen LogP contribution is -2.23. The zero-order chi connectivity index (χ0) is 17.5. The molecule has 0 aliphatic rings. The molecule has 1 aromatic carbocycles. The van der Waals surface area contributed by atoms with Crippen LogP contribution in [-0.4, -0.2) is 15.9 Å². The van der Waals surface area contributed by atoms with Crippen molar-refractivity contribution >= 4 is 23.3 Å². The summed E-state index contributed by atoms with van der Waals surface area (Å²) in [6.45, 7) is 1.06. The maximum Gasteiger partial charge on any atom is 0.251 e. The van der Waals surface area contributed by atoms with Gasteiger partial charge in [0.15, 0.2) is 0 Å². The van der Waals surface area contributed by atoms with Crippen molar-refractivity contribution in [1.29, 1.82) is 0 Å². The summed E-state index contributed by atoms with van der Waals surface area (Å²) in [6.07, 6.45) is 5.10. The Balaban J connectivity index is 1.58. The van der Waals surface area contributed by atoms with Crippen molar-refractivity contribution in [2.75, 3.05) is 5.32 Å². The van der Waals surface area contributed by atoms with Gasteiger partial charge in [-0.05, 0) is 47.5 Å². The molecule has 2 N–H and O–H groups in total. The molecule has 0 unspecified atom stereocenters. The molecule has 126 valence electrons. The van der Waals surface area contributed by atoms with Crippen LogP contribution < -0.4 is 10.6 Å². The molecule has 0 aliphatic heterocycles. The zero-order valence-electron chi connectivity index (χ0n) is 13.4. The molecular weight excluding hydrogens is 336 g/mol. The summed E-state index contributed by atoms with van der Waals surface area (Å²) in [4.78, 5) is 20.5. The van der Waals surface area contributed by atoms with Crippen LogP contribution in [0.15, 0.2) is 67.1 Å². The van der Waals surface area contributed by atoms with Crippen LogP contribution in [0.4, 0.5) is 5.82 Å². The Labute approximate surface area is 151 Å². The third-order valence-corrected chi connectivity index (χ3v) is 3.86. The van der Waals surface area contributed by atoms with Crippen molar-refractivity contribution in [3.05, 3.63) is 88.8 Å². The standard InChI is InChI=1S/C19H17ClN4O/c20-17-3-1-14(2-4-17)13-24-19(25)16-7-10-22-18(11-16)23-12-15-5-8-21-9-6-15/h1-11H,12-13H2,(H,22,23)(H,24,25). The predicted molar refractivity (Wildman–Crippen MR) is 98.4 cm³/mol. The summed E-state index contributed by atoms with van der Waals surface area (Å²) >= 11 is 5.86. The number of rotatable bonds is 6. The number of amides is 1. The Hall–Kier alpha value is -2.92. The quantitative estimate of drug-likeness (QED) is 0.710. The average molecular weight is 353 g/mol. The van der Waals surface area contributed by atoms with Gasteiger partial charge in [0, 0.05) is 42.3 Å². The molecule has 0 aliphatic carbocycles. The van der Waals surface area contributed by atoms with Gasteiger partial charge in [-0.2, -0.15) is 0 Å². The summed E-state index contributed by atoms with van der Waals surface area (Å²) in [5.74, 6) is 0.500. The number of pyridine rings is 2. The van der Waals surface area contributed by atoms with E-state index >= 15 is 0 Å². The van der Waals surface area contributed by atoms with E-state index < -0.39 is 0 Å². The number of anilines is 1. The molecule has 0 fully saturated rings. The van der Waals surface area contributed by atoms with Crippen LogP contribution in [0, 0.1) is 0 Å². The third-order valence-electron chi connectivity index (χ3n) is 3.61. The molecule has 0 saturated heterocycles. The van der Waals surface area contributed by atoms with E-state index in [0.29, 0.717) is 29.5 Å². The van der Waals surface area contributed by atoms with Crippen LogP contribution in [0.3, 0.4) is 0 Å². The molecule has 0 bridgehead atoms. The average Bonchev–Trinajstić information content (AvgIpc) is 2.67. The Morgan fingerprint density at radius 2 is 1.64 bits per heavy atom. The molecule has 3 aromatic rings. The number of carbonyl (C=O) groups is 1. The predicted octanol–water partition coefficient (Wildman–Crippen LogP) is 3.67. The summed E-state index contributed by atoms with van der Waals surface area (Å²) in [6, 6.07) is 14.7. The maximum absolute atomic E-state index is 12.3. The number of benzene rings is 1. The largest absolute Gasteiger partial charge is 0.366 e. The number of carbonyl (C=O) groups excluding carboxylic acids is 1. The highest BCUT2D eigenvalue weighted by Crippen LogP contribution is 2.11. The Bertz CT molecular complexity index is 838. The molecule has 0 atom stereocenters. The van der Waals surface area contributed by atoms with E-state index in [1.807, 2.05) is 24.3 Å². The summed E-state index contributed by atoms with van der Waals surface area (Å²) in [7, 11) is 0. The SMILES string of the molecule is O=C(NCc1ccc(Cl)cc1)c1ccnc(NCc2ccncc2)c1. The van der Waals surface area contributed by atoms with Gasteiger partial charge in [0.05, 0.1) is 0 Å². The fourth-order valence-corrected chi connectivity index (χ4v) is 2.37. The molecule has 0 radical (unpaired) electrons. The van der Waals surface area contributed by atoms with E-state index in [0.717, 1.165) is 11.1 Å². The normalized spacial score (nSPS) is 10.3. The van der Waals surface area contributed by atoms with E-state index in [9.17, 15) is 4.79 Å². The highest BCUT2D eigenvalue weighted by molar-refractivity contribution is 6.30. The van der Waals surface area contributed by atoms with Gasteiger partial charge in [0.25, 0.3) is 5.91 Å². The van der Waals surface area contributed by atoms with Gasteiger partial charge >= 0.3 is 0 Å². The van der Waals surface area contributed by atoms with Gasteiger partial charge in [-0.25, -0.2) is 4.98 Å². The Morgan fingerprint density at radius 1 is 0.920 bits per heavy atom. The monoisotopic (exact) mass is 352 g/mol. The first-order valence-corrected chi connectivity index (χ1v) is 8.20. The van der Waals surface area contributed by atoms with Crippen LogP contribution in [0.25, 0.3) is 0 Å². The molecule has 0 saturated carbocycles. The third kappa shape index (κ3) is 5.02. The second kappa shape index (κ2) is 8.26. The minimum absolute atomic E-state index is 0.149. The van der Waals surface area contributed by atoms with Crippen molar-refractivity contribution in [2.45, 2.75) is 13.1 Å². The fourth-order valence-electron chi connectivity index (χ4n) is 2.25. The van der Waals surface area contributed by atoms with Crippen LogP contribution in [0.2, 0.25) is 5.02 Å². The van der Waals surface area contributed by atoms with Crippen LogP contribution in [-0.2, 0) is 13.1 Å². The minimum Gasteiger partial charge on any atom is -0.366 e. The van der Waals surface area contributed by atoms with Gasteiger partial charge in [-0.3, -0.25) is 9.78 Å². The van der Waals surface area contributed by atoms with Gasteiger partial charge < -0.3 is 10.6 Å². The van der Waals surface area contributed by atoms with E-state index in [4.69, 9.17) is 11.6 Å². The van der Waals surface area contributed by atoms with Gasteiger partial charge in [0.1, 0.15) is 5.82 Å². The zero-order valence-corrected chi connectivity index (χ0v) is 14.2. The lowest BCUT2D eigenvalue weighted by atomic mass is 10.2. The fraction of sp³-hybridized carbons (Fsp3) is 0.105. The number of nitrogens with zero attached hydrogens (tertiary/aromatic N) is 2. The van der Waals surface area contributed by atoms with Crippen molar-refractivity contribution in [3.8, 4) is 0 Å². The molecule has 2 heterocycles. The van der Waals surface area contributed by atoms with E-state index in [2.05, 4.69) is 20.6 Å².